The van der Waals surface area contributed by atoms with Crippen molar-refractivity contribution in [2.45, 2.75) is 43.3 Å². The fourth-order valence-electron chi connectivity index (χ4n) is 3.13. The van der Waals surface area contributed by atoms with Gasteiger partial charge in [0.15, 0.2) is 0 Å². The summed E-state index contributed by atoms with van der Waals surface area (Å²) in [5.41, 5.74) is 0.177. The molecule has 5 atom stereocenters. The van der Waals surface area contributed by atoms with Crippen molar-refractivity contribution in [2.24, 2.45) is 0 Å². The van der Waals surface area contributed by atoms with Crippen LogP contribution >= 0.6 is 0 Å². The quantitative estimate of drug-likeness (QED) is 0.592. The third kappa shape index (κ3) is 4.88. The summed E-state index contributed by atoms with van der Waals surface area (Å²) in [6.45, 7) is -0.601. The van der Waals surface area contributed by atoms with Gasteiger partial charge in [0.1, 0.15) is 30.2 Å². The minimum atomic E-state index is -4.46. The van der Waals surface area contributed by atoms with Crippen molar-refractivity contribution in [3.05, 3.63) is 65.2 Å². The summed E-state index contributed by atoms with van der Waals surface area (Å²) in [6, 6.07) is 11.4. The molecule has 0 aromatic heterocycles. The van der Waals surface area contributed by atoms with Crippen molar-refractivity contribution < 1.29 is 43.1 Å². The van der Waals surface area contributed by atoms with Gasteiger partial charge in [-0.05, 0) is 23.3 Å². The largest absolute Gasteiger partial charge is 0.462 e. The lowest BCUT2D eigenvalue weighted by molar-refractivity contribution is -0.277. The highest BCUT2D eigenvalue weighted by molar-refractivity contribution is 5.39. The lowest BCUT2D eigenvalue weighted by Gasteiger charge is -2.39. The molecule has 1 saturated heterocycles. The van der Waals surface area contributed by atoms with Gasteiger partial charge >= 0.3 is 6.18 Å². The Morgan fingerprint density at radius 1 is 0.931 bits per heavy atom. The van der Waals surface area contributed by atoms with E-state index in [4.69, 9.17) is 9.47 Å². The SMILES string of the molecule is OC[C@H]1O[C@@H](Oc2ccccc2Cc2cccc(C(F)(F)F)c2)[C@H](O)[C@@H](O)[C@@H]1O. The highest BCUT2D eigenvalue weighted by Gasteiger charge is 2.44. The smallest absolute Gasteiger partial charge is 0.416 e. The van der Waals surface area contributed by atoms with Crippen LogP contribution in [0.5, 0.6) is 5.75 Å². The van der Waals surface area contributed by atoms with Crippen LogP contribution in [0.4, 0.5) is 13.2 Å². The molecular weight excluding hydrogens is 393 g/mol. The summed E-state index contributed by atoms with van der Waals surface area (Å²) < 4.78 is 49.8. The van der Waals surface area contributed by atoms with Gasteiger partial charge in [-0.1, -0.05) is 36.4 Å². The van der Waals surface area contributed by atoms with Gasteiger partial charge in [-0.25, -0.2) is 0 Å². The highest BCUT2D eigenvalue weighted by atomic mass is 19.4. The number of halogens is 3. The van der Waals surface area contributed by atoms with Crippen molar-refractivity contribution in [3.63, 3.8) is 0 Å². The third-order valence-corrected chi connectivity index (χ3v) is 4.71. The topological polar surface area (TPSA) is 99.4 Å². The molecule has 9 heteroatoms. The van der Waals surface area contributed by atoms with Crippen LogP contribution < -0.4 is 4.74 Å². The summed E-state index contributed by atoms with van der Waals surface area (Å²) in [7, 11) is 0. The Morgan fingerprint density at radius 3 is 2.34 bits per heavy atom. The fraction of sp³-hybridized carbons (Fsp3) is 0.400. The number of aliphatic hydroxyl groups excluding tert-OH is 4. The summed E-state index contributed by atoms with van der Waals surface area (Å²) in [4.78, 5) is 0. The molecule has 1 fully saturated rings. The summed E-state index contributed by atoms with van der Waals surface area (Å²) in [5.74, 6) is 0.231. The molecule has 0 saturated carbocycles. The average molecular weight is 414 g/mol. The second-order valence-corrected chi connectivity index (χ2v) is 6.80. The van der Waals surface area contributed by atoms with Gasteiger partial charge in [-0.15, -0.1) is 0 Å². The first kappa shape index (κ1) is 21.5. The number of hydrogen-bond donors (Lipinski definition) is 4. The van der Waals surface area contributed by atoms with Gasteiger partial charge in [-0.3, -0.25) is 0 Å². The fourth-order valence-corrected chi connectivity index (χ4v) is 3.13. The van der Waals surface area contributed by atoms with Crippen LogP contribution in [0.15, 0.2) is 48.5 Å². The van der Waals surface area contributed by atoms with Gasteiger partial charge < -0.3 is 29.9 Å². The summed E-state index contributed by atoms with van der Waals surface area (Å²) >= 11 is 0. The molecule has 29 heavy (non-hydrogen) atoms. The number of alkyl halides is 3. The average Bonchev–Trinajstić information content (AvgIpc) is 2.69. The predicted octanol–water partition coefficient (Wildman–Crippen LogP) is 1.47. The van der Waals surface area contributed by atoms with Crippen LogP contribution in [0.3, 0.4) is 0 Å². The zero-order valence-corrected chi connectivity index (χ0v) is 15.2. The molecule has 0 spiro atoms. The van der Waals surface area contributed by atoms with E-state index in [9.17, 15) is 33.6 Å². The first-order valence-electron chi connectivity index (χ1n) is 8.92. The Balaban J connectivity index is 1.81. The number of rotatable bonds is 5. The molecule has 2 aromatic rings. The van der Waals surface area contributed by atoms with E-state index in [2.05, 4.69) is 0 Å². The molecule has 4 N–H and O–H groups in total. The van der Waals surface area contributed by atoms with E-state index >= 15 is 0 Å². The Morgan fingerprint density at radius 2 is 1.66 bits per heavy atom. The maximum absolute atomic E-state index is 12.9. The Hall–Kier alpha value is -2.17. The van der Waals surface area contributed by atoms with Gasteiger partial charge in [0.05, 0.1) is 12.2 Å². The van der Waals surface area contributed by atoms with Crippen molar-refractivity contribution in [2.75, 3.05) is 6.61 Å². The van der Waals surface area contributed by atoms with Gasteiger partial charge in [0, 0.05) is 6.42 Å². The van der Waals surface area contributed by atoms with Crippen molar-refractivity contribution >= 4 is 0 Å². The van der Waals surface area contributed by atoms with Crippen LogP contribution in [0.25, 0.3) is 0 Å². The maximum Gasteiger partial charge on any atom is 0.416 e. The van der Waals surface area contributed by atoms with Crippen molar-refractivity contribution in [3.8, 4) is 5.75 Å². The van der Waals surface area contributed by atoms with Crippen LogP contribution in [-0.2, 0) is 17.3 Å². The first-order chi connectivity index (χ1) is 13.7. The number of para-hydroxylation sites is 1. The minimum Gasteiger partial charge on any atom is -0.462 e. The third-order valence-electron chi connectivity index (χ3n) is 4.71. The molecule has 0 amide bonds. The van der Waals surface area contributed by atoms with E-state index in [1.54, 1.807) is 30.3 Å². The van der Waals surface area contributed by atoms with E-state index in [0.29, 0.717) is 11.1 Å². The Labute approximate surface area is 164 Å². The van der Waals surface area contributed by atoms with E-state index in [0.717, 1.165) is 12.1 Å². The predicted molar refractivity (Wildman–Crippen MR) is 95.1 cm³/mol. The lowest BCUT2D eigenvalue weighted by Crippen LogP contribution is -2.60. The minimum absolute atomic E-state index is 0.123. The number of benzene rings is 2. The number of ether oxygens (including phenoxy) is 2. The monoisotopic (exact) mass is 414 g/mol. The second kappa shape index (κ2) is 8.68. The van der Waals surface area contributed by atoms with Crippen LogP contribution in [-0.4, -0.2) is 57.7 Å². The molecule has 0 bridgehead atoms. The molecule has 1 aliphatic heterocycles. The summed E-state index contributed by atoms with van der Waals surface area (Å²) in [5, 5.41) is 39.1. The van der Waals surface area contributed by atoms with Gasteiger partial charge in [0.2, 0.25) is 6.29 Å². The molecule has 0 aliphatic carbocycles. The number of hydrogen-bond acceptors (Lipinski definition) is 6. The molecule has 6 nitrogen and oxygen atoms in total. The molecule has 3 rings (SSSR count). The van der Waals surface area contributed by atoms with Crippen molar-refractivity contribution in [1.29, 1.82) is 0 Å². The molecule has 0 radical (unpaired) electrons. The molecule has 2 aromatic carbocycles. The van der Waals surface area contributed by atoms with E-state index in [1.807, 2.05) is 0 Å². The second-order valence-electron chi connectivity index (χ2n) is 6.80. The summed E-state index contributed by atoms with van der Waals surface area (Å²) in [6.07, 6.45) is -11.5. The van der Waals surface area contributed by atoms with E-state index in [-0.39, 0.29) is 12.2 Å². The molecule has 1 heterocycles. The van der Waals surface area contributed by atoms with Crippen molar-refractivity contribution in [1.82, 2.24) is 0 Å². The first-order valence-corrected chi connectivity index (χ1v) is 8.92. The van der Waals surface area contributed by atoms with Gasteiger partial charge in [-0.2, -0.15) is 13.2 Å². The standard InChI is InChI=1S/C20H21F3O6/c21-20(22,23)13-6-3-4-11(9-13)8-12-5-1-2-7-14(12)28-19-18(27)17(26)16(25)15(10-24)29-19/h1-7,9,15-19,24-27H,8,10H2/t15-,16-,17+,18-,19-/m1/s1. The zero-order chi connectivity index (χ0) is 21.2. The Kier molecular flexibility index (Phi) is 6.45. The zero-order valence-electron chi connectivity index (χ0n) is 15.2. The Bertz CT molecular complexity index is 826. The molecule has 158 valence electrons. The van der Waals surface area contributed by atoms with E-state index in [1.165, 1.54) is 6.07 Å². The van der Waals surface area contributed by atoms with Crippen LogP contribution in [0, 0.1) is 0 Å². The highest BCUT2D eigenvalue weighted by Crippen LogP contribution is 2.31. The maximum atomic E-state index is 12.9. The molecular formula is C20H21F3O6. The van der Waals surface area contributed by atoms with Crippen LogP contribution in [0.1, 0.15) is 16.7 Å². The lowest BCUT2D eigenvalue weighted by atomic mass is 9.99. The normalized spacial score (nSPS) is 27.6. The number of aliphatic hydroxyl groups is 4. The molecule has 1 aliphatic rings. The van der Waals surface area contributed by atoms with Crippen LogP contribution in [0.2, 0.25) is 0 Å². The molecule has 0 unspecified atom stereocenters. The van der Waals surface area contributed by atoms with Gasteiger partial charge in [0.25, 0.3) is 0 Å². The van der Waals surface area contributed by atoms with E-state index < -0.39 is 49.1 Å².